The number of carboxylic acid groups (broad SMARTS) is 1. The van der Waals surface area contributed by atoms with Crippen LogP contribution < -0.4 is 0 Å². The van der Waals surface area contributed by atoms with E-state index in [2.05, 4.69) is 0 Å². The molecule has 1 aliphatic heterocycles. The van der Waals surface area contributed by atoms with E-state index < -0.39 is 21.2 Å². The topological polar surface area (TPSA) is 74.7 Å². The second-order valence-corrected chi connectivity index (χ2v) is 7.49. The zero-order valence-corrected chi connectivity index (χ0v) is 12.6. The van der Waals surface area contributed by atoms with Crippen LogP contribution in [0.2, 0.25) is 5.02 Å². The molecule has 1 aliphatic rings. The minimum absolute atomic E-state index is 0.333. The van der Waals surface area contributed by atoms with Crippen LogP contribution in [0.15, 0.2) is 24.3 Å². The average molecular weight is 318 g/mol. The molecule has 1 fully saturated rings. The average Bonchev–Trinajstić information content (AvgIpc) is 2.87. The van der Waals surface area contributed by atoms with Gasteiger partial charge in [-0.1, -0.05) is 23.7 Å². The van der Waals surface area contributed by atoms with Gasteiger partial charge in [0.1, 0.15) is 0 Å². The van der Waals surface area contributed by atoms with Gasteiger partial charge in [-0.15, -0.1) is 0 Å². The zero-order chi connectivity index (χ0) is 14.9. The number of hydrogen-bond acceptors (Lipinski definition) is 3. The molecule has 0 aromatic heterocycles. The number of carboxylic acids is 1. The van der Waals surface area contributed by atoms with E-state index in [9.17, 15) is 13.2 Å². The molecule has 1 aromatic carbocycles. The van der Waals surface area contributed by atoms with Crippen molar-refractivity contribution < 1.29 is 18.3 Å². The van der Waals surface area contributed by atoms with Crippen LogP contribution in [0.25, 0.3) is 0 Å². The molecule has 2 rings (SSSR count). The first kappa shape index (κ1) is 15.3. The van der Waals surface area contributed by atoms with E-state index in [1.54, 1.807) is 18.2 Å². The number of benzene rings is 1. The highest BCUT2D eigenvalue weighted by atomic mass is 35.5. The van der Waals surface area contributed by atoms with Crippen molar-refractivity contribution in [2.45, 2.75) is 31.1 Å². The third-order valence-electron chi connectivity index (χ3n) is 3.56. The molecule has 2 atom stereocenters. The molecule has 1 aromatic rings. The highest BCUT2D eigenvalue weighted by Crippen LogP contribution is 2.36. The summed E-state index contributed by atoms with van der Waals surface area (Å²) in [6.45, 7) is 1.54. The summed E-state index contributed by atoms with van der Waals surface area (Å²) in [7, 11) is -3.86. The quantitative estimate of drug-likeness (QED) is 0.924. The molecule has 5 nitrogen and oxygen atoms in total. The van der Waals surface area contributed by atoms with Crippen LogP contribution in [0.1, 0.15) is 31.4 Å². The van der Waals surface area contributed by atoms with Crippen molar-refractivity contribution in [1.29, 1.82) is 0 Å². The normalized spacial score (nSPS) is 21.8. The maximum Gasteiger partial charge on any atom is 0.323 e. The predicted octanol–water partition coefficient (Wildman–Crippen LogP) is 2.28. The van der Waals surface area contributed by atoms with Gasteiger partial charge in [-0.25, -0.2) is 8.42 Å². The van der Waals surface area contributed by atoms with Crippen molar-refractivity contribution in [2.24, 2.45) is 0 Å². The van der Waals surface area contributed by atoms with E-state index in [-0.39, 0.29) is 6.04 Å². The van der Waals surface area contributed by atoms with Crippen molar-refractivity contribution in [3.63, 3.8) is 0 Å². The van der Waals surface area contributed by atoms with Crippen LogP contribution in [-0.4, -0.2) is 35.6 Å². The van der Waals surface area contributed by atoms with Crippen LogP contribution in [0.5, 0.6) is 0 Å². The Balaban J connectivity index is 2.35. The highest BCUT2D eigenvalue weighted by Gasteiger charge is 2.40. The number of aliphatic carboxylic acids is 1. The van der Waals surface area contributed by atoms with Gasteiger partial charge in [0.15, 0.2) is 5.25 Å². The van der Waals surface area contributed by atoms with Gasteiger partial charge in [-0.2, -0.15) is 4.31 Å². The zero-order valence-electron chi connectivity index (χ0n) is 11.0. The lowest BCUT2D eigenvalue weighted by Gasteiger charge is -2.26. The largest absolute Gasteiger partial charge is 0.480 e. The molecule has 0 spiro atoms. The number of carbonyl (C=O) groups is 1. The monoisotopic (exact) mass is 317 g/mol. The van der Waals surface area contributed by atoms with Crippen molar-refractivity contribution in [1.82, 2.24) is 4.31 Å². The van der Waals surface area contributed by atoms with E-state index >= 15 is 0 Å². The Morgan fingerprint density at radius 3 is 2.80 bits per heavy atom. The summed E-state index contributed by atoms with van der Waals surface area (Å²) in [6.07, 6.45) is 1.38. The van der Waals surface area contributed by atoms with E-state index in [0.717, 1.165) is 5.56 Å². The third kappa shape index (κ3) is 2.82. The van der Waals surface area contributed by atoms with Gasteiger partial charge in [0.25, 0.3) is 0 Å². The lowest BCUT2D eigenvalue weighted by Crippen LogP contribution is -2.40. The molecule has 20 heavy (non-hydrogen) atoms. The highest BCUT2D eigenvalue weighted by molar-refractivity contribution is 7.90. The number of sulfonamides is 1. The molecular formula is C13H16ClNO4S. The maximum absolute atomic E-state index is 12.4. The van der Waals surface area contributed by atoms with Gasteiger partial charge in [0.05, 0.1) is 0 Å². The Morgan fingerprint density at radius 2 is 2.20 bits per heavy atom. The Morgan fingerprint density at radius 1 is 1.50 bits per heavy atom. The lowest BCUT2D eigenvalue weighted by atomic mass is 10.1. The molecule has 1 heterocycles. The molecular weight excluding hydrogens is 302 g/mol. The van der Waals surface area contributed by atoms with Crippen LogP contribution in [0.3, 0.4) is 0 Å². The first-order valence-corrected chi connectivity index (χ1v) is 8.21. The van der Waals surface area contributed by atoms with Gasteiger partial charge in [0, 0.05) is 17.6 Å². The lowest BCUT2D eigenvalue weighted by molar-refractivity contribution is -0.136. The summed E-state index contributed by atoms with van der Waals surface area (Å²) < 4.78 is 26.0. The molecule has 0 saturated carbocycles. The fraction of sp³-hybridized carbons (Fsp3) is 0.462. The third-order valence-corrected chi connectivity index (χ3v) is 5.98. The molecule has 1 N–H and O–H groups in total. The first-order valence-electron chi connectivity index (χ1n) is 6.33. The van der Waals surface area contributed by atoms with E-state index in [0.29, 0.717) is 24.4 Å². The van der Waals surface area contributed by atoms with Crippen molar-refractivity contribution >= 4 is 27.6 Å². The summed E-state index contributed by atoms with van der Waals surface area (Å²) in [5, 5.41) is 8.05. The Labute approximate surface area is 123 Å². The first-order chi connectivity index (χ1) is 9.34. The fourth-order valence-electron chi connectivity index (χ4n) is 2.42. The Kier molecular flexibility index (Phi) is 4.36. The summed E-state index contributed by atoms with van der Waals surface area (Å²) in [6, 6.07) is 6.70. The van der Waals surface area contributed by atoms with E-state index in [1.807, 2.05) is 6.07 Å². The minimum Gasteiger partial charge on any atom is -0.480 e. The molecule has 0 bridgehead atoms. The van der Waals surface area contributed by atoms with Crippen LogP contribution in [0, 0.1) is 0 Å². The second kappa shape index (κ2) is 5.71. The molecule has 1 saturated heterocycles. The second-order valence-electron chi connectivity index (χ2n) is 4.85. The summed E-state index contributed by atoms with van der Waals surface area (Å²) in [4.78, 5) is 11.0. The molecule has 0 radical (unpaired) electrons. The van der Waals surface area contributed by atoms with Crippen LogP contribution in [0.4, 0.5) is 0 Å². The summed E-state index contributed by atoms with van der Waals surface area (Å²) in [5.41, 5.74) is 0.802. The van der Waals surface area contributed by atoms with Gasteiger partial charge >= 0.3 is 5.97 Å². The van der Waals surface area contributed by atoms with Crippen molar-refractivity contribution in [2.75, 3.05) is 6.54 Å². The van der Waals surface area contributed by atoms with Gasteiger partial charge in [-0.3, -0.25) is 4.79 Å². The van der Waals surface area contributed by atoms with Gasteiger partial charge < -0.3 is 5.11 Å². The van der Waals surface area contributed by atoms with Crippen LogP contribution in [-0.2, 0) is 14.8 Å². The number of hydrogen-bond donors (Lipinski definition) is 1. The van der Waals surface area contributed by atoms with Crippen molar-refractivity contribution in [3.8, 4) is 0 Å². The number of halogens is 1. The van der Waals surface area contributed by atoms with Crippen LogP contribution >= 0.6 is 11.6 Å². The molecule has 7 heteroatoms. The SMILES string of the molecule is CC(C(=O)O)S(=O)(=O)N1CCCC1c1cccc(Cl)c1. The molecule has 0 aliphatic carbocycles. The predicted molar refractivity (Wildman–Crippen MR) is 76.2 cm³/mol. The number of rotatable bonds is 4. The van der Waals surface area contributed by atoms with Gasteiger partial charge in [0.2, 0.25) is 10.0 Å². The molecule has 0 amide bonds. The van der Waals surface area contributed by atoms with Crippen molar-refractivity contribution in [3.05, 3.63) is 34.9 Å². The number of nitrogens with zero attached hydrogens (tertiary/aromatic N) is 1. The maximum atomic E-state index is 12.4. The van der Waals surface area contributed by atoms with E-state index in [1.165, 1.54) is 11.2 Å². The smallest absolute Gasteiger partial charge is 0.323 e. The molecule has 2 unspecified atom stereocenters. The van der Waals surface area contributed by atoms with E-state index in [4.69, 9.17) is 16.7 Å². The standard InChI is InChI=1S/C13H16ClNO4S/c1-9(13(16)17)20(18,19)15-7-3-6-12(15)10-4-2-5-11(14)8-10/h2,4-5,8-9,12H,3,6-7H2,1H3,(H,16,17). The summed E-state index contributed by atoms with van der Waals surface area (Å²) in [5.74, 6) is -1.33. The fourth-order valence-corrected chi connectivity index (χ4v) is 4.25. The molecule has 110 valence electrons. The Hall–Kier alpha value is -1.11. The van der Waals surface area contributed by atoms with Gasteiger partial charge in [-0.05, 0) is 37.5 Å². The summed E-state index contributed by atoms with van der Waals surface area (Å²) >= 11 is 5.94. The minimum atomic E-state index is -3.86. The Bertz CT molecular complexity index is 617.